The average Bonchev–Trinajstić information content (AvgIpc) is 2.35. The number of rotatable bonds is 6. The Labute approximate surface area is 134 Å². The Kier molecular flexibility index (Phi) is 7.51. The minimum atomic E-state index is -1.36. The van der Waals surface area contributed by atoms with Gasteiger partial charge in [0.05, 0.1) is 0 Å². The van der Waals surface area contributed by atoms with Gasteiger partial charge in [0.25, 0.3) is 0 Å². The van der Waals surface area contributed by atoms with Crippen LogP contribution in [0, 0.1) is 0 Å². The van der Waals surface area contributed by atoms with Crippen LogP contribution in [0.3, 0.4) is 0 Å². The van der Waals surface area contributed by atoms with Crippen molar-refractivity contribution < 1.29 is 38.5 Å². The molecule has 0 spiro atoms. The van der Waals surface area contributed by atoms with Crippen molar-refractivity contribution in [3.63, 3.8) is 0 Å². The number of alkyl carbamates (subject to hydrolysis) is 1. The molecule has 9 nitrogen and oxygen atoms in total. The zero-order chi connectivity index (χ0) is 18.4. The van der Waals surface area contributed by atoms with E-state index in [1.807, 2.05) is 0 Å². The molecule has 2 N–H and O–H groups in total. The molecule has 0 saturated carbocycles. The first-order valence-corrected chi connectivity index (χ1v) is 6.96. The van der Waals surface area contributed by atoms with Crippen LogP contribution in [0.4, 0.5) is 4.79 Å². The molecule has 0 fully saturated rings. The minimum absolute atomic E-state index is 0.724. The number of carbonyl (C=O) groups is 4. The third kappa shape index (κ3) is 8.64. The number of nitrogens with one attached hydrogen (secondary N) is 1. The van der Waals surface area contributed by atoms with Crippen molar-refractivity contribution in [2.45, 2.75) is 65.4 Å². The molecule has 0 aromatic rings. The molecule has 0 aliphatic heterocycles. The van der Waals surface area contributed by atoms with Crippen LogP contribution in [0.2, 0.25) is 0 Å². The molecule has 23 heavy (non-hydrogen) atoms. The maximum absolute atomic E-state index is 11.8. The third-order valence-corrected chi connectivity index (χ3v) is 2.35. The summed E-state index contributed by atoms with van der Waals surface area (Å²) in [6.45, 7) is 8.74. The molecule has 0 bridgehead atoms. The average molecular weight is 333 g/mol. The number of carboxylic acid groups (broad SMARTS) is 1. The fourth-order valence-corrected chi connectivity index (χ4v) is 1.19. The molecule has 0 aliphatic carbocycles. The molecule has 1 unspecified atom stereocenters. The second-order valence-corrected chi connectivity index (χ2v) is 5.86. The molecule has 0 aromatic carbocycles. The van der Waals surface area contributed by atoms with E-state index in [-0.39, 0.29) is 0 Å². The standard InChI is InChI=1S/C14H23NO8/c1-7(15-13(20)23-14(4,5)6)11(18)22-9(3)12(19)21-8(2)10(16)17/h7-9H,1-6H3,(H,15,20)(H,16,17)/t7?,8-,9-/m0/s1. The Morgan fingerprint density at radius 3 is 1.83 bits per heavy atom. The van der Waals surface area contributed by atoms with E-state index in [0.717, 1.165) is 0 Å². The van der Waals surface area contributed by atoms with Gasteiger partial charge >= 0.3 is 24.0 Å². The maximum Gasteiger partial charge on any atom is 0.408 e. The number of carbonyl (C=O) groups excluding carboxylic acids is 3. The van der Waals surface area contributed by atoms with Crippen LogP contribution in [0.25, 0.3) is 0 Å². The molecule has 0 saturated heterocycles. The lowest BCUT2D eigenvalue weighted by Gasteiger charge is -2.22. The zero-order valence-electron chi connectivity index (χ0n) is 14.0. The lowest BCUT2D eigenvalue weighted by atomic mass is 10.2. The summed E-state index contributed by atoms with van der Waals surface area (Å²) in [5.74, 6) is -3.21. The summed E-state index contributed by atoms with van der Waals surface area (Å²) in [6.07, 6.45) is -3.48. The van der Waals surface area contributed by atoms with Crippen molar-refractivity contribution in [3.05, 3.63) is 0 Å². The van der Waals surface area contributed by atoms with Crippen molar-refractivity contribution in [1.82, 2.24) is 5.32 Å². The second-order valence-electron chi connectivity index (χ2n) is 5.86. The topological polar surface area (TPSA) is 128 Å². The van der Waals surface area contributed by atoms with Gasteiger partial charge in [0, 0.05) is 0 Å². The van der Waals surface area contributed by atoms with E-state index in [2.05, 4.69) is 10.1 Å². The Bertz CT molecular complexity index is 468. The third-order valence-electron chi connectivity index (χ3n) is 2.35. The fourth-order valence-electron chi connectivity index (χ4n) is 1.19. The van der Waals surface area contributed by atoms with Crippen LogP contribution in [-0.2, 0) is 28.6 Å². The lowest BCUT2D eigenvalue weighted by Crippen LogP contribution is -2.44. The molecular weight excluding hydrogens is 310 g/mol. The maximum atomic E-state index is 11.8. The van der Waals surface area contributed by atoms with E-state index in [9.17, 15) is 19.2 Å². The van der Waals surface area contributed by atoms with E-state index < -0.39 is 47.9 Å². The van der Waals surface area contributed by atoms with Gasteiger partial charge in [-0.3, -0.25) is 0 Å². The van der Waals surface area contributed by atoms with Crippen LogP contribution < -0.4 is 5.32 Å². The molecular formula is C14H23NO8. The van der Waals surface area contributed by atoms with Gasteiger partial charge < -0.3 is 24.6 Å². The van der Waals surface area contributed by atoms with E-state index in [4.69, 9.17) is 14.6 Å². The predicted molar refractivity (Wildman–Crippen MR) is 77.6 cm³/mol. The highest BCUT2D eigenvalue weighted by Crippen LogP contribution is 2.07. The molecule has 0 aliphatic rings. The summed E-state index contributed by atoms with van der Waals surface area (Å²) in [7, 11) is 0. The Morgan fingerprint density at radius 1 is 0.913 bits per heavy atom. The van der Waals surface area contributed by atoms with Crippen LogP contribution >= 0.6 is 0 Å². The largest absolute Gasteiger partial charge is 0.479 e. The van der Waals surface area contributed by atoms with Crippen LogP contribution in [0.5, 0.6) is 0 Å². The lowest BCUT2D eigenvalue weighted by molar-refractivity contribution is -0.175. The normalized spacial score (nSPS) is 14.9. The second kappa shape index (κ2) is 8.35. The predicted octanol–water partition coefficient (Wildman–Crippen LogP) is 0.848. The van der Waals surface area contributed by atoms with Crippen molar-refractivity contribution >= 4 is 24.0 Å². The zero-order valence-corrected chi connectivity index (χ0v) is 14.0. The summed E-state index contributed by atoms with van der Waals surface area (Å²) in [5.41, 5.74) is -0.724. The van der Waals surface area contributed by atoms with Crippen LogP contribution in [-0.4, -0.2) is 53.0 Å². The first-order chi connectivity index (χ1) is 10.3. The Hall–Kier alpha value is -2.32. The first kappa shape index (κ1) is 20.7. The highest BCUT2D eigenvalue weighted by atomic mass is 16.6. The van der Waals surface area contributed by atoms with Crippen molar-refractivity contribution in [3.8, 4) is 0 Å². The number of hydrogen-bond acceptors (Lipinski definition) is 7. The van der Waals surface area contributed by atoms with Gasteiger partial charge in [0.2, 0.25) is 0 Å². The SMILES string of the molecule is CC(NC(=O)OC(C)(C)C)C(=O)O[C@@H](C)C(=O)O[C@@H](C)C(=O)O. The monoisotopic (exact) mass is 333 g/mol. The number of hydrogen-bond donors (Lipinski definition) is 2. The summed E-state index contributed by atoms with van der Waals surface area (Å²) < 4.78 is 14.4. The summed E-state index contributed by atoms with van der Waals surface area (Å²) in [4.78, 5) is 45.4. The van der Waals surface area contributed by atoms with Crippen LogP contribution in [0.1, 0.15) is 41.5 Å². The number of esters is 2. The minimum Gasteiger partial charge on any atom is -0.479 e. The molecule has 0 heterocycles. The van der Waals surface area contributed by atoms with Gasteiger partial charge in [-0.2, -0.15) is 0 Å². The highest BCUT2D eigenvalue weighted by molar-refractivity contribution is 5.85. The van der Waals surface area contributed by atoms with Crippen molar-refractivity contribution in [1.29, 1.82) is 0 Å². The van der Waals surface area contributed by atoms with Gasteiger partial charge in [0.1, 0.15) is 11.6 Å². The molecule has 0 aromatic heterocycles. The number of ether oxygens (including phenoxy) is 3. The van der Waals surface area contributed by atoms with Crippen molar-refractivity contribution in [2.75, 3.05) is 0 Å². The molecule has 3 atom stereocenters. The van der Waals surface area contributed by atoms with Gasteiger partial charge in [-0.15, -0.1) is 0 Å². The Balaban J connectivity index is 4.43. The molecule has 0 rings (SSSR count). The van der Waals surface area contributed by atoms with E-state index in [1.54, 1.807) is 20.8 Å². The number of aliphatic carboxylic acids is 1. The summed E-state index contributed by atoms with van der Waals surface area (Å²) in [6, 6.07) is -1.06. The number of carboxylic acids is 1. The van der Waals surface area contributed by atoms with Crippen LogP contribution in [0.15, 0.2) is 0 Å². The molecule has 0 radical (unpaired) electrons. The van der Waals surface area contributed by atoms with E-state index in [0.29, 0.717) is 0 Å². The summed E-state index contributed by atoms with van der Waals surface area (Å²) in [5, 5.41) is 10.9. The molecule has 132 valence electrons. The van der Waals surface area contributed by atoms with Gasteiger partial charge in [-0.1, -0.05) is 0 Å². The van der Waals surface area contributed by atoms with Gasteiger partial charge in [-0.05, 0) is 41.5 Å². The first-order valence-electron chi connectivity index (χ1n) is 6.96. The quantitative estimate of drug-likeness (QED) is 0.540. The Morgan fingerprint density at radius 2 is 1.39 bits per heavy atom. The van der Waals surface area contributed by atoms with Gasteiger partial charge in [0.15, 0.2) is 12.2 Å². The molecule has 9 heteroatoms. The van der Waals surface area contributed by atoms with E-state index >= 15 is 0 Å². The molecule has 1 amide bonds. The number of amides is 1. The fraction of sp³-hybridized carbons (Fsp3) is 0.714. The van der Waals surface area contributed by atoms with Gasteiger partial charge in [-0.25, -0.2) is 19.2 Å². The van der Waals surface area contributed by atoms with Crippen molar-refractivity contribution in [2.24, 2.45) is 0 Å². The highest BCUT2D eigenvalue weighted by Gasteiger charge is 2.27. The van der Waals surface area contributed by atoms with E-state index in [1.165, 1.54) is 20.8 Å². The smallest absolute Gasteiger partial charge is 0.408 e. The summed E-state index contributed by atoms with van der Waals surface area (Å²) >= 11 is 0.